The van der Waals surface area contributed by atoms with Crippen LogP contribution in [0.2, 0.25) is 0 Å². The van der Waals surface area contributed by atoms with Gasteiger partial charge in [-0.05, 0) is 37.8 Å². The van der Waals surface area contributed by atoms with Gasteiger partial charge < -0.3 is 25.0 Å². The van der Waals surface area contributed by atoms with Gasteiger partial charge in [-0.2, -0.15) is 0 Å². The smallest absolute Gasteiger partial charge is 0.128 e. The van der Waals surface area contributed by atoms with E-state index in [-0.39, 0.29) is 0 Å². The molecular weight excluding hydrogens is 400 g/mol. The van der Waals surface area contributed by atoms with Gasteiger partial charge in [-0.3, -0.25) is 0 Å². The fraction of sp³-hybridized carbons (Fsp3) is 0.423. The van der Waals surface area contributed by atoms with Gasteiger partial charge in [-0.25, -0.2) is 4.98 Å². The van der Waals surface area contributed by atoms with Gasteiger partial charge in [-0.15, -0.1) is 0 Å². The van der Waals surface area contributed by atoms with Crippen molar-refractivity contribution in [2.45, 2.75) is 44.3 Å². The highest BCUT2D eigenvalue weighted by Crippen LogP contribution is 2.30. The Morgan fingerprint density at radius 3 is 2.41 bits per heavy atom. The third kappa shape index (κ3) is 5.07. The molecule has 0 bridgehead atoms. The lowest BCUT2D eigenvalue weighted by atomic mass is 9.91. The van der Waals surface area contributed by atoms with Crippen molar-refractivity contribution in [3.05, 3.63) is 54.1 Å². The Morgan fingerprint density at radius 1 is 0.938 bits per heavy atom. The molecular formula is C26H34N4O2. The molecule has 1 aromatic heterocycles. The molecule has 4 rings (SSSR count). The Morgan fingerprint density at radius 2 is 1.69 bits per heavy atom. The molecule has 6 nitrogen and oxygen atoms in total. The molecule has 0 radical (unpaired) electrons. The third-order valence-corrected chi connectivity index (χ3v) is 6.33. The second-order valence-electron chi connectivity index (χ2n) is 8.69. The molecule has 32 heavy (non-hydrogen) atoms. The normalized spacial score (nSPS) is 18.4. The molecule has 0 aliphatic heterocycles. The zero-order chi connectivity index (χ0) is 22.5. The first-order valence-electron chi connectivity index (χ1n) is 11.4. The molecule has 1 saturated carbocycles. The number of hydrogen-bond acceptors (Lipinski definition) is 6. The minimum Gasteiger partial charge on any atom is -0.497 e. The van der Waals surface area contributed by atoms with Crippen LogP contribution in [0.25, 0.3) is 10.9 Å². The van der Waals surface area contributed by atoms with Crippen LogP contribution in [-0.4, -0.2) is 45.4 Å². The van der Waals surface area contributed by atoms with Crippen LogP contribution >= 0.6 is 0 Å². The number of hydrogen-bond donors (Lipinski definition) is 2. The highest BCUT2D eigenvalue weighted by molar-refractivity contribution is 5.93. The Bertz CT molecular complexity index is 1050. The Balaban J connectivity index is 1.34. The zero-order valence-corrected chi connectivity index (χ0v) is 19.5. The van der Waals surface area contributed by atoms with Gasteiger partial charge in [0.1, 0.15) is 17.3 Å². The number of ether oxygens (including phenoxy) is 2. The summed E-state index contributed by atoms with van der Waals surface area (Å²) in [4.78, 5) is 7.02. The van der Waals surface area contributed by atoms with E-state index in [0.29, 0.717) is 12.1 Å². The lowest BCUT2D eigenvalue weighted by molar-refractivity contribution is 0.347. The molecule has 1 fully saturated rings. The van der Waals surface area contributed by atoms with E-state index in [0.717, 1.165) is 60.6 Å². The molecule has 0 saturated heterocycles. The van der Waals surface area contributed by atoms with Crippen molar-refractivity contribution in [2.24, 2.45) is 0 Å². The molecule has 1 heterocycles. The van der Waals surface area contributed by atoms with Crippen LogP contribution in [-0.2, 0) is 6.54 Å². The van der Waals surface area contributed by atoms with Crippen molar-refractivity contribution in [1.29, 1.82) is 0 Å². The lowest BCUT2D eigenvalue weighted by Gasteiger charge is -2.30. The SMILES string of the molecule is COc1ccc(CNC2CCC(Nc3cc(N(C)C)c4ccccc4n3)CC2)c(OC)c1. The molecule has 0 amide bonds. The van der Waals surface area contributed by atoms with Gasteiger partial charge in [0.15, 0.2) is 0 Å². The predicted octanol–water partition coefficient (Wildman–Crippen LogP) is 4.83. The summed E-state index contributed by atoms with van der Waals surface area (Å²) in [5.74, 6) is 2.65. The van der Waals surface area contributed by atoms with Crippen LogP contribution in [0.15, 0.2) is 48.5 Å². The van der Waals surface area contributed by atoms with E-state index in [1.54, 1.807) is 14.2 Å². The minimum atomic E-state index is 0.451. The molecule has 0 unspecified atom stereocenters. The van der Waals surface area contributed by atoms with Crippen LogP contribution in [0.5, 0.6) is 11.5 Å². The van der Waals surface area contributed by atoms with Gasteiger partial charge in [0.25, 0.3) is 0 Å². The summed E-state index contributed by atoms with van der Waals surface area (Å²) in [5.41, 5.74) is 3.39. The molecule has 6 heteroatoms. The van der Waals surface area contributed by atoms with E-state index in [9.17, 15) is 0 Å². The number of methoxy groups -OCH3 is 2. The van der Waals surface area contributed by atoms with Crippen molar-refractivity contribution in [3.8, 4) is 11.5 Å². The molecule has 2 aromatic carbocycles. The number of nitrogens with zero attached hydrogens (tertiary/aromatic N) is 2. The summed E-state index contributed by atoms with van der Waals surface area (Å²) in [6, 6.07) is 17.5. The summed E-state index contributed by atoms with van der Waals surface area (Å²) in [6.07, 6.45) is 4.54. The highest BCUT2D eigenvalue weighted by atomic mass is 16.5. The highest BCUT2D eigenvalue weighted by Gasteiger charge is 2.22. The number of aromatic nitrogens is 1. The fourth-order valence-corrected chi connectivity index (χ4v) is 4.50. The van der Waals surface area contributed by atoms with Crippen LogP contribution < -0.4 is 25.0 Å². The maximum absolute atomic E-state index is 5.53. The van der Waals surface area contributed by atoms with Gasteiger partial charge in [-0.1, -0.05) is 24.3 Å². The third-order valence-electron chi connectivity index (χ3n) is 6.33. The van der Waals surface area contributed by atoms with E-state index in [1.807, 2.05) is 18.2 Å². The number of fused-ring (bicyclic) bond motifs is 1. The van der Waals surface area contributed by atoms with Gasteiger partial charge in [0, 0.05) is 61.5 Å². The topological polar surface area (TPSA) is 58.7 Å². The van der Waals surface area contributed by atoms with Crippen LogP contribution in [0.1, 0.15) is 31.2 Å². The van der Waals surface area contributed by atoms with E-state index in [4.69, 9.17) is 14.5 Å². The van der Waals surface area contributed by atoms with E-state index < -0.39 is 0 Å². The summed E-state index contributed by atoms with van der Waals surface area (Å²) in [5, 5.41) is 8.59. The lowest BCUT2D eigenvalue weighted by Crippen LogP contribution is -2.36. The molecule has 1 aliphatic rings. The van der Waals surface area contributed by atoms with E-state index in [1.165, 1.54) is 11.1 Å². The Labute approximate surface area is 190 Å². The fourth-order valence-electron chi connectivity index (χ4n) is 4.50. The second kappa shape index (κ2) is 10.1. The molecule has 1 aliphatic carbocycles. The summed E-state index contributed by atoms with van der Waals surface area (Å²) in [6.45, 7) is 0.800. The van der Waals surface area contributed by atoms with Gasteiger partial charge in [0.2, 0.25) is 0 Å². The maximum Gasteiger partial charge on any atom is 0.128 e. The first kappa shape index (κ1) is 22.2. The largest absolute Gasteiger partial charge is 0.497 e. The maximum atomic E-state index is 5.53. The summed E-state index contributed by atoms with van der Waals surface area (Å²) < 4.78 is 10.8. The first-order chi connectivity index (χ1) is 15.6. The number of benzene rings is 2. The van der Waals surface area contributed by atoms with Crippen LogP contribution in [0.3, 0.4) is 0 Å². The van der Waals surface area contributed by atoms with Crippen LogP contribution in [0, 0.1) is 0 Å². The summed E-state index contributed by atoms with van der Waals surface area (Å²) >= 11 is 0. The van der Waals surface area contributed by atoms with Crippen molar-refractivity contribution in [1.82, 2.24) is 10.3 Å². The summed E-state index contributed by atoms with van der Waals surface area (Å²) in [7, 11) is 7.55. The Hall–Kier alpha value is -2.99. The number of anilines is 2. The van der Waals surface area contributed by atoms with Gasteiger partial charge in [0.05, 0.1) is 19.7 Å². The zero-order valence-electron chi connectivity index (χ0n) is 19.5. The minimum absolute atomic E-state index is 0.451. The number of nitrogens with one attached hydrogen (secondary N) is 2. The molecule has 170 valence electrons. The van der Waals surface area contributed by atoms with Crippen molar-refractivity contribution in [3.63, 3.8) is 0 Å². The average Bonchev–Trinajstić information content (AvgIpc) is 2.83. The van der Waals surface area contributed by atoms with E-state index >= 15 is 0 Å². The number of rotatable bonds is 8. The Kier molecular flexibility index (Phi) is 7.00. The number of pyridine rings is 1. The van der Waals surface area contributed by atoms with Crippen molar-refractivity contribution < 1.29 is 9.47 Å². The molecule has 3 aromatic rings. The average molecular weight is 435 g/mol. The standard InChI is InChI=1S/C26H34N4O2/c1-30(2)24-16-26(29-23-8-6-5-7-22(23)24)28-20-12-10-19(11-13-20)27-17-18-9-14-21(31-3)15-25(18)32-4/h5-9,14-16,19-20,27H,10-13,17H2,1-4H3,(H,28,29). The predicted molar refractivity (Wildman–Crippen MR) is 132 cm³/mol. The second-order valence-corrected chi connectivity index (χ2v) is 8.69. The molecule has 0 atom stereocenters. The van der Waals surface area contributed by atoms with Gasteiger partial charge >= 0.3 is 0 Å². The number of para-hydroxylation sites is 1. The molecule has 2 N–H and O–H groups in total. The van der Waals surface area contributed by atoms with Crippen molar-refractivity contribution in [2.75, 3.05) is 38.5 Å². The quantitative estimate of drug-likeness (QED) is 0.530. The monoisotopic (exact) mass is 434 g/mol. The molecule has 0 spiro atoms. The van der Waals surface area contributed by atoms with Crippen molar-refractivity contribution >= 4 is 22.4 Å². The first-order valence-corrected chi connectivity index (χ1v) is 11.4. The van der Waals surface area contributed by atoms with Crippen LogP contribution in [0.4, 0.5) is 11.5 Å². The van der Waals surface area contributed by atoms with E-state index in [2.05, 4.69) is 60.0 Å².